The number of carbonyl (C=O) groups excluding carboxylic acids is 1. The van der Waals surface area contributed by atoms with E-state index in [4.69, 9.17) is 0 Å². The van der Waals surface area contributed by atoms with Crippen molar-refractivity contribution in [3.05, 3.63) is 114 Å². The summed E-state index contributed by atoms with van der Waals surface area (Å²) in [5.74, 6) is 0.401. The Balaban J connectivity index is 1.52. The standard InChI is InChI=1S/C30H30N2O3S3/c1-22-9-12-25(13-10-22)32(38(34,35)28-16-14-26(36-3)15-17-28)20-30(33)31-29-18-11-24(19-23(29)2)21-37-27-7-5-4-6-8-27/h4-19H,20-21H2,1-3H3,(H,31,33). The van der Waals surface area contributed by atoms with Crippen LogP contribution in [0.15, 0.2) is 112 Å². The van der Waals surface area contributed by atoms with Crippen LogP contribution in [-0.2, 0) is 20.6 Å². The summed E-state index contributed by atoms with van der Waals surface area (Å²) in [6.45, 7) is 3.52. The van der Waals surface area contributed by atoms with Gasteiger partial charge in [-0.25, -0.2) is 8.42 Å². The maximum absolute atomic E-state index is 13.6. The van der Waals surface area contributed by atoms with Gasteiger partial charge in [-0.1, -0.05) is 48.0 Å². The highest BCUT2D eigenvalue weighted by atomic mass is 32.2. The number of nitrogens with zero attached hydrogens (tertiary/aromatic N) is 1. The molecule has 0 unspecified atom stereocenters. The molecular weight excluding hydrogens is 533 g/mol. The van der Waals surface area contributed by atoms with E-state index in [0.717, 1.165) is 31.6 Å². The van der Waals surface area contributed by atoms with E-state index in [0.29, 0.717) is 11.4 Å². The number of nitrogens with one attached hydrogen (secondary N) is 1. The van der Waals surface area contributed by atoms with Crippen LogP contribution in [0.25, 0.3) is 0 Å². The largest absolute Gasteiger partial charge is 0.324 e. The van der Waals surface area contributed by atoms with Crippen LogP contribution in [0.2, 0.25) is 0 Å². The van der Waals surface area contributed by atoms with Gasteiger partial charge < -0.3 is 5.32 Å². The summed E-state index contributed by atoms with van der Waals surface area (Å²) in [6.07, 6.45) is 1.93. The van der Waals surface area contributed by atoms with Crippen molar-refractivity contribution in [2.24, 2.45) is 0 Å². The minimum atomic E-state index is -3.97. The van der Waals surface area contributed by atoms with E-state index in [1.165, 1.54) is 16.7 Å². The Labute approximate surface area is 233 Å². The summed E-state index contributed by atoms with van der Waals surface area (Å²) in [4.78, 5) is 15.5. The van der Waals surface area contributed by atoms with Crippen molar-refractivity contribution in [1.29, 1.82) is 0 Å². The van der Waals surface area contributed by atoms with E-state index >= 15 is 0 Å². The molecule has 0 saturated carbocycles. The highest BCUT2D eigenvalue weighted by molar-refractivity contribution is 7.98. The van der Waals surface area contributed by atoms with Crippen LogP contribution in [0.1, 0.15) is 16.7 Å². The number of hydrogen-bond donors (Lipinski definition) is 1. The lowest BCUT2D eigenvalue weighted by Crippen LogP contribution is -2.38. The molecule has 0 aliphatic heterocycles. The van der Waals surface area contributed by atoms with Crippen LogP contribution >= 0.6 is 23.5 Å². The van der Waals surface area contributed by atoms with Gasteiger partial charge >= 0.3 is 0 Å². The zero-order valence-electron chi connectivity index (χ0n) is 21.5. The third-order valence-corrected chi connectivity index (χ3v) is 9.59. The molecule has 0 spiro atoms. The first kappa shape index (κ1) is 27.8. The fourth-order valence-electron chi connectivity index (χ4n) is 3.86. The van der Waals surface area contributed by atoms with Crippen molar-refractivity contribution in [3.8, 4) is 0 Å². The predicted octanol–water partition coefficient (Wildman–Crippen LogP) is 7.15. The van der Waals surface area contributed by atoms with Crippen LogP contribution in [0.4, 0.5) is 11.4 Å². The number of aryl methyl sites for hydroxylation is 2. The Kier molecular flexibility index (Phi) is 9.20. The Hall–Kier alpha value is -3.20. The Bertz CT molecular complexity index is 1490. The minimum Gasteiger partial charge on any atom is -0.324 e. The molecule has 0 radical (unpaired) electrons. The van der Waals surface area contributed by atoms with E-state index in [2.05, 4.69) is 17.4 Å². The predicted molar refractivity (Wildman–Crippen MR) is 160 cm³/mol. The van der Waals surface area contributed by atoms with Crippen LogP contribution < -0.4 is 9.62 Å². The summed E-state index contributed by atoms with van der Waals surface area (Å²) in [5, 5.41) is 2.91. The number of rotatable bonds is 10. The number of carbonyl (C=O) groups is 1. The Morgan fingerprint density at radius 1 is 0.842 bits per heavy atom. The van der Waals surface area contributed by atoms with Crippen molar-refractivity contribution < 1.29 is 13.2 Å². The normalized spacial score (nSPS) is 11.2. The van der Waals surface area contributed by atoms with Gasteiger partial charge in [0.15, 0.2) is 0 Å². The second-order valence-corrected chi connectivity index (χ2v) is 12.6. The fourth-order valence-corrected chi connectivity index (χ4v) is 6.55. The topological polar surface area (TPSA) is 66.5 Å². The van der Waals surface area contributed by atoms with Crippen molar-refractivity contribution in [2.75, 3.05) is 22.4 Å². The van der Waals surface area contributed by atoms with E-state index < -0.39 is 15.9 Å². The lowest BCUT2D eigenvalue weighted by atomic mass is 10.1. The molecule has 0 saturated heterocycles. The summed E-state index contributed by atoms with van der Waals surface area (Å²) in [5.41, 5.74) is 4.16. The molecule has 4 aromatic rings. The van der Waals surface area contributed by atoms with Crippen molar-refractivity contribution in [3.63, 3.8) is 0 Å². The van der Waals surface area contributed by atoms with E-state index in [1.54, 1.807) is 48.2 Å². The molecule has 0 atom stereocenters. The van der Waals surface area contributed by atoms with Gasteiger partial charge in [0.1, 0.15) is 6.54 Å². The first-order valence-electron chi connectivity index (χ1n) is 12.1. The highest BCUT2D eigenvalue weighted by Crippen LogP contribution is 2.27. The molecule has 1 N–H and O–H groups in total. The summed E-state index contributed by atoms with van der Waals surface area (Å²) < 4.78 is 28.4. The summed E-state index contributed by atoms with van der Waals surface area (Å²) in [6, 6.07) is 29.9. The molecular formula is C30H30N2O3S3. The fraction of sp³-hybridized carbons (Fsp3) is 0.167. The Morgan fingerprint density at radius 3 is 2.16 bits per heavy atom. The average Bonchev–Trinajstić information content (AvgIpc) is 2.93. The molecule has 5 nitrogen and oxygen atoms in total. The molecule has 8 heteroatoms. The summed E-state index contributed by atoms with van der Waals surface area (Å²) >= 11 is 3.29. The number of hydrogen-bond acceptors (Lipinski definition) is 5. The van der Waals surface area contributed by atoms with E-state index in [1.807, 2.05) is 68.6 Å². The molecule has 0 aliphatic rings. The molecule has 0 bridgehead atoms. The number of sulfonamides is 1. The van der Waals surface area contributed by atoms with Crippen LogP contribution in [-0.4, -0.2) is 27.1 Å². The van der Waals surface area contributed by atoms with Gasteiger partial charge in [0.2, 0.25) is 5.91 Å². The van der Waals surface area contributed by atoms with E-state index in [9.17, 15) is 13.2 Å². The van der Waals surface area contributed by atoms with Gasteiger partial charge in [-0.05, 0) is 85.8 Å². The van der Waals surface area contributed by atoms with Crippen LogP contribution in [0.5, 0.6) is 0 Å². The van der Waals surface area contributed by atoms with Crippen molar-refractivity contribution in [2.45, 2.75) is 34.3 Å². The molecule has 38 heavy (non-hydrogen) atoms. The highest BCUT2D eigenvalue weighted by Gasteiger charge is 2.27. The number of anilines is 2. The van der Waals surface area contributed by atoms with Gasteiger partial charge in [-0.2, -0.15) is 0 Å². The monoisotopic (exact) mass is 562 g/mol. The van der Waals surface area contributed by atoms with Gasteiger partial charge in [0.05, 0.1) is 10.6 Å². The summed E-state index contributed by atoms with van der Waals surface area (Å²) in [7, 11) is -3.97. The lowest BCUT2D eigenvalue weighted by molar-refractivity contribution is -0.114. The molecule has 1 amide bonds. The zero-order valence-corrected chi connectivity index (χ0v) is 24.0. The molecule has 0 fully saturated rings. The zero-order chi connectivity index (χ0) is 27.1. The molecule has 0 heterocycles. The smallest absolute Gasteiger partial charge is 0.264 e. The molecule has 4 rings (SSSR count). The van der Waals surface area contributed by atoms with Crippen molar-refractivity contribution >= 4 is 50.8 Å². The van der Waals surface area contributed by atoms with Gasteiger partial charge in [0.25, 0.3) is 10.0 Å². The second kappa shape index (κ2) is 12.6. The minimum absolute atomic E-state index is 0.139. The number of thioether (sulfide) groups is 2. The lowest BCUT2D eigenvalue weighted by Gasteiger charge is -2.24. The quantitative estimate of drug-likeness (QED) is 0.208. The van der Waals surface area contributed by atoms with Gasteiger partial charge in [-0.15, -0.1) is 23.5 Å². The molecule has 4 aromatic carbocycles. The first-order valence-corrected chi connectivity index (χ1v) is 15.7. The van der Waals surface area contributed by atoms with Crippen LogP contribution in [0.3, 0.4) is 0 Å². The van der Waals surface area contributed by atoms with Gasteiger partial charge in [0, 0.05) is 21.2 Å². The first-order chi connectivity index (χ1) is 18.3. The van der Waals surface area contributed by atoms with Gasteiger partial charge in [-0.3, -0.25) is 9.10 Å². The molecule has 0 aromatic heterocycles. The van der Waals surface area contributed by atoms with E-state index in [-0.39, 0.29) is 11.4 Å². The third-order valence-electron chi connectivity index (χ3n) is 5.97. The maximum Gasteiger partial charge on any atom is 0.264 e. The second-order valence-electron chi connectivity index (χ2n) is 8.82. The average molecular weight is 563 g/mol. The Morgan fingerprint density at radius 2 is 1.53 bits per heavy atom. The van der Waals surface area contributed by atoms with Crippen molar-refractivity contribution in [1.82, 2.24) is 0 Å². The SMILES string of the molecule is CSc1ccc(S(=O)(=O)N(CC(=O)Nc2ccc(CSc3ccccc3)cc2C)c2ccc(C)cc2)cc1. The maximum atomic E-state index is 13.6. The third kappa shape index (κ3) is 7.01. The number of benzene rings is 4. The van der Waals surface area contributed by atoms with Crippen LogP contribution in [0, 0.1) is 13.8 Å². The molecule has 0 aliphatic carbocycles. The number of amides is 1. The molecule has 196 valence electrons.